The van der Waals surface area contributed by atoms with E-state index in [0.29, 0.717) is 5.02 Å². The van der Waals surface area contributed by atoms with Gasteiger partial charge in [0.15, 0.2) is 11.4 Å². The van der Waals surface area contributed by atoms with Crippen LogP contribution >= 0.6 is 23.2 Å². The van der Waals surface area contributed by atoms with E-state index in [-0.39, 0.29) is 0 Å². The predicted octanol–water partition coefficient (Wildman–Crippen LogP) is 5.09. The first kappa shape index (κ1) is 19.8. The molecule has 148 valence electrons. The van der Waals surface area contributed by atoms with Crippen LogP contribution in [0.2, 0.25) is 10.0 Å². The molecule has 0 radical (unpaired) electrons. The van der Waals surface area contributed by atoms with E-state index >= 15 is 0 Å². The Morgan fingerprint density at radius 3 is 2.59 bits per heavy atom. The molecule has 0 aliphatic carbocycles. The number of hydrogen-bond donors (Lipinski definition) is 1. The first-order valence-corrected chi connectivity index (χ1v) is 10.4. The van der Waals surface area contributed by atoms with Crippen LogP contribution in [-0.2, 0) is 6.54 Å². The molecule has 1 atom stereocenters. The fourth-order valence-corrected chi connectivity index (χ4v) is 3.85. The van der Waals surface area contributed by atoms with Crippen LogP contribution in [0, 0.1) is 0 Å². The highest BCUT2D eigenvalue weighted by Gasteiger charge is 2.30. The molecule has 0 amide bonds. The summed E-state index contributed by atoms with van der Waals surface area (Å²) in [6.07, 6.45) is 9.79. The number of rotatable bonds is 5. The minimum atomic E-state index is 0.698. The van der Waals surface area contributed by atoms with Crippen LogP contribution in [0.3, 0.4) is 0 Å². The number of aromatic nitrogens is 1. The van der Waals surface area contributed by atoms with Gasteiger partial charge in [-0.1, -0.05) is 41.4 Å². The van der Waals surface area contributed by atoms with Crippen molar-refractivity contribution < 1.29 is 18.6 Å². The molecule has 1 N–H and O–H groups in total. The highest BCUT2D eigenvalue weighted by Crippen LogP contribution is 2.30. The molecule has 4 rings (SSSR count). The van der Waals surface area contributed by atoms with Crippen molar-refractivity contribution in [3.8, 4) is 5.75 Å². The van der Waals surface area contributed by atoms with Crippen molar-refractivity contribution in [1.29, 1.82) is 0 Å². The molecule has 29 heavy (non-hydrogen) atoms. The average Bonchev–Trinajstić information content (AvgIpc) is 3.23. The van der Waals surface area contributed by atoms with Gasteiger partial charge < -0.3 is 9.15 Å². The molecule has 1 aliphatic heterocycles. The Kier molecular flexibility index (Phi) is 5.76. The molecule has 0 fully saturated rings. The number of hydrogen-bond acceptors (Lipinski definition) is 2. The van der Waals surface area contributed by atoms with Gasteiger partial charge in [-0.05, 0) is 38.1 Å². The lowest BCUT2D eigenvalue weighted by Crippen LogP contribution is -3.04. The third-order valence-corrected chi connectivity index (χ3v) is 5.33. The lowest BCUT2D eigenvalue weighted by atomic mass is 10.3. The van der Waals surface area contributed by atoms with Crippen LogP contribution < -0.4 is 14.2 Å². The number of ether oxygens (including phenoxy) is 1. The summed E-state index contributed by atoms with van der Waals surface area (Å²) in [5.74, 6) is 2.49. The van der Waals surface area contributed by atoms with Crippen LogP contribution in [0.5, 0.6) is 5.75 Å². The first-order chi connectivity index (χ1) is 14.1. The van der Waals surface area contributed by atoms with Gasteiger partial charge in [0.2, 0.25) is 5.58 Å². The summed E-state index contributed by atoms with van der Waals surface area (Å²) >= 11 is 12.2. The lowest BCUT2D eigenvalue weighted by Gasteiger charge is -2.07. The molecule has 0 saturated carbocycles. The highest BCUT2D eigenvalue weighted by atomic mass is 35.5. The summed E-state index contributed by atoms with van der Waals surface area (Å²) in [4.78, 5) is 1.16. The zero-order valence-electron chi connectivity index (χ0n) is 16.3. The van der Waals surface area contributed by atoms with Gasteiger partial charge in [0, 0.05) is 28.3 Å². The Balaban J connectivity index is 1.52. The van der Waals surface area contributed by atoms with Crippen molar-refractivity contribution in [2.24, 2.45) is 0 Å². The van der Waals surface area contributed by atoms with Crippen molar-refractivity contribution >= 4 is 46.1 Å². The Hall–Kier alpha value is -2.53. The Labute approximate surface area is 179 Å². The van der Waals surface area contributed by atoms with Gasteiger partial charge in [-0.2, -0.15) is 4.57 Å². The molecular weight excluding hydrogens is 407 g/mol. The first-order valence-electron chi connectivity index (χ1n) is 9.61. The molecule has 0 saturated heterocycles. The molecule has 1 aromatic heterocycles. The van der Waals surface area contributed by atoms with Crippen molar-refractivity contribution in [2.75, 3.05) is 6.54 Å². The summed E-state index contributed by atoms with van der Waals surface area (Å²) in [6, 6.07) is 11.4. The van der Waals surface area contributed by atoms with E-state index in [1.807, 2.05) is 66.8 Å². The smallest absolute Gasteiger partial charge is 0.374 e. The number of nitrogens with one attached hydrogen (secondary N) is 1. The number of nitrogens with zero attached hydrogens (tertiary/aromatic N) is 1. The maximum atomic E-state index is 6.13. The van der Waals surface area contributed by atoms with Crippen LogP contribution in [0.25, 0.3) is 17.2 Å². The van der Waals surface area contributed by atoms with E-state index in [4.69, 9.17) is 32.4 Å². The van der Waals surface area contributed by atoms with E-state index in [1.165, 1.54) is 0 Å². The van der Waals surface area contributed by atoms with E-state index in [1.54, 1.807) is 0 Å². The molecule has 0 spiro atoms. The summed E-state index contributed by atoms with van der Waals surface area (Å²) in [5.41, 5.74) is 2.88. The Morgan fingerprint density at radius 2 is 1.79 bits per heavy atom. The second kappa shape index (κ2) is 8.46. The monoisotopic (exact) mass is 428 g/mol. The van der Waals surface area contributed by atoms with Gasteiger partial charge in [0.25, 0.3) is 5.52 Å². The van der Waals surface area contributed by atoms with Crippen LogP contribution in [0.15, 0.2) is 71.0 Å². The van der Waals surface area contributed by atoms with Crippen LogP contribution in [-0.4, -0.2) is 6.54 Å². The maximum absolute atomic E-state index is 6.13. The van der Waals surface area contributed by atoms with Crippen molar-refractivity contribution in [1.82, 2.24) is 0 Å². The molecule has 3 aromatic rings. The number of benzene rings is 2. The largest absolute Gasteiger partial charge is 0.406 e. The van der Waals surface area contributed by atoms with Crippen molar-refractivity contribution in [3.05, 3.63) is 82.5 Å². The van der Waals surface area contributed by atoms with Crippen LogP contribution in [0.4, 0.5) is 5.69 Å². The van der Waals surface area contributed by atoms with E-state index < -0.39 is 0 Å². The minimum absolute atomic E-state index is 0.698. The fraction of sp³-hybridized carbons (Fsp3) is 0.174. The molecule has 2 heterocycles. The highest BCUT2D eigenvalue weighted by molar-refractivity contribution is 6.31. The standard InChI is InChI=1S/C23H21Cl2N2O2/c1-3-26-18-14-16(24)10-12-20(18)28-22(26)8-6-5-7-9-23-27(4-2)19-15-17(25)11-13-21(19)29-23/h5-15H,3-4H2,1-2H3/q+1/p+1. The van der Waals surface area contributed by atoms with Gasteiger partial charge in [0.05, 0.1) is 12.6 Å². The van der Waals surface area contributed by atoms with Gasteiger partial charge >= 0.3 is 11.8 Å². The Bertz CT molecular complexity index is 1150. The van der Waals surface area contributed by atoms with Crippen molar-refractivity contribution in [2.45, 2.75) is 20.4 Å². The second-order valence-corrected chi connectivity index (χ2v) is 7.52. The quantitative estimate of drug-likeness (QED) is 0.453. The van der Waals surface area contributed by atoms with E-state index in [2.05, 4.69) is 18.4 Å². The van der Waals surface area contributed by atoms with Gasteiger partial charge in [-0.15, -0.1) is 0 Å². The molecule has 1 aliphatic rings. The number of halogens is 2. The summed E-state index contributed by atoms with van der Waals surface area (Å²) in [5, 5.41) is 1.42. The second-order valence-electron chi connectivity index (χ2n) is 6.65. The molecule has 0 bridgehead atoms. The van der Waals surface area contributed by atoms with Gasteiger partial charge in [-0.25, -0.2) is 4.90 Å². The van der Waals surface area contributed by atoms with E-state index in [9.17, 15) is 0 Å². The topological polar surface area (TPSA) is 30.7 Å². The molecule has 2 aromatic carbocycles. The zero-order valence-corrected chi connectivity index (χ0v) is 17.8. The number of aryl methyl sites for hydroxylation is 1. The van der Waals surface area contributed by atoms with Crippen molar-refractivity contribution in [3.63, 3.8) is 0 Å². The molecular formula is C23H22Cl2N2O2+2. The number of quaternary nitrogens is 1. The van der Waals surface area contributed by atoms with Gasteiger partial charge in [0.1, 0.15) is 6.54 Å². The third kappa shape index (κ3) is 3.97. The summed E-state index contributed by atoms with van der Waals surface area (Å²) < 4.78 is 14.0. The molecule has 1 unspecified atom stereocenters. The van der Waals surface area contributed by atoms with Crippen LogP contribution in [0.1, 0.15) is 19.7 Å². The predicted molar refractivity (Wildman–Crippen MR) is 117 cm³/mol. The summed E-state index contributed by atoms with van der Waals surface area (Å²) in [6.45, 7) is 5.87. The van der Waals surface area contributed by atoms with E-state index in [0.717, 1.165) is 57.3 Å². The maximum Gasteiger partial charge on any atom is 0.374 e. The third-order valence-electron chi connectivity index (χ3n) is 4.85. The molecule has 4 nitrogen and oxygen atoms in total. The lowest BCUT2D eigenvalue weighted by molar-refractivity contribution is -0.793. The summed E-state index contributed by atoms with van der Waals surface area (Å²) in [7, 11) is 0. The average molecular weight is 429 g/mol. The zero-order chi connectivity index (χ0) is 20.4. The molecule has 6 heteroatoms. The minimum Gasteiger partial charge on any atom is -0.406 e. The normalized spacial score (nSPS) is 17.7. The number of fused-ring (bicyclic) bond motifs is 2. The fourth-order valence-electron chi connectivity index (χ4n) is 3.51. The van der Waals surface area contributed by atoms with Gasteiger partial charge in [-0.3, -0.25) is 0 Å². The Morgan fingerprint density at radius 1 is 1.00 bits per heavy atom. The SMILES string of the molecule is CC[n+]1c(C=CC=CC=C2Oc3ccc(Cl)cc3[NH+]2CC)oc2ccc(Cl)cc21. The number of allylic oxidation sites excluding steroid dienone is 4. The number of oxazole rings is 1.